The summed E-state index contributed by atoms with van der Waals surface area (Å²) in [6.07, 6.45) is 0.268. The van der Waals surface area contributed by atoms with Crippen LogP contribution in [-0.2, 0) is 22.5 Å². The Balaban J connectivity index is 1.10. The molecule has 0 radical (unpaired) electrons. The van der Waals surface area contributed by atoms with Crippen molar-refractivity contribution in [2.75, 3.05) is 36.5 Å². The van der Waals surface area contributed by atoms with Crippen LogP contribution < -0.4 is 15.5 Å². The number of ether oxygens (including phenoxy) is 1. The summed E-state index contributed by atoms with van der Waals surface area (Å²) in [6.45, 7) is 3.80. The third kappa shape index (κ3) is 5.70. The van der Waals surface area contributed by atoms with E-state index in [0.29, 0.717) is 17.8 Å². The highest BCUT2D eigenvalue weighted by atomic mass is 16.5. The lowest BCUT2D eigenvalue weighted by molar-refractivity contribution is -0.120. The molecule has 178 valence electrons. The van der Waals surface area contributed by atoms with Crippen molar-refractivity contribution in [2.24, 2.45) is 0 Å². The zero-order valence-corrected chi connectivity index (χ0v) is 19.3. The summed E-state index contributed by atoms with van der Waals surface area (Å²) < 4.78 is 11.0. The van der Waals surface area contributed by atoms with Crippen LogP contribution in [0.1, 0.15) is 21.7 Å². The number of amides is 2. The molecule has 0 saturated carbocycles. The van der Waals surface area contributed by atoms with E-state index < -0.39 is 0 Å². The number of nitrogens with zero attached hydrogens (tertiary/aromatic N) is 1. The molecule has 2 heterocycles. The molecule has 1 saturated heterocycles. The normalized spacial score (nSPS) is 13.5. The summed E-state index contributed by atoms with van der Waals surface area (Å²) in [5, 5.41) is 6.69. The van der Waals surface area contributed by atoms with Gasteiger partial charge in [-0.1, -0.05) is 42.5 Å². The summed E-state index contributed by atoms with van der Waals surface area (Å²) in [6, 6.07) is 24.7. The first kappa shape index (κ1) is 22.7. The maximum atomic E-state index is 12.5. The maximum Gasteiger partial charge on any atom is 0.291 e. The van der Waals surface area contributed by atoms with Crippen molar-refractivity contribution < 1.29 is 18.7 Å². The largest absolute Gasteiger partial charge is 0.451 e. The fourth-order valence-corrected chi connectivity index (χ4v) is 4.09. The molecule has 1 fully saturated rings. The van der Waals surface area contributed by atoms with Crippen molar-refractivity contribution in [3.63, 3.8) is 0 Å². The lowest BCUT2D eigenvalue weighted by atomic mass is 10.1. The van der Waals surface area contributed by atoms with Crippen LogP contribution in [0.3, 0.4) is 0 Å². The third-order valence-corrected chi connectivity index (χ3v) is 6.03. The summed E-state index contributed by atoms with van der Waals surface area (Å²) in [5.74, 6) is -0.111. The number of hydrogen-bond acceptors (Lipinski definition) is 5. The fraction of sp³-hybridized carbons (Fsp3) is 0.214. The minimum Gasteiger partial charge on any atom is -0.451 e. The van der Waals surface area contributed by atoms with Crippen LogP contribution in [0.5, 0.6) is 0 Å². The number of furan rings is 1. The van der Waals surface area contributed by atoms with Crippen LogP contribution in [-0.4, -0.2) is 38.1 Å². The second-order valence-electron chi connectivity index (χ2n) is 8.52. The molecule has 0 atom stereocenters. The van der Waals surface area contributed by atoms with E-state index in [9.17, 15) is 9.59 Å². The second-order valence-corrected chi connectivity index (χ2v) is 8.52. The van der Waals surface area contributed by atoms with Crippen LogP contribution in [0.2, 0.25) is 0 Å². The molecule has 1 aliphatic heterocycles. The van der Waals surface area contributed by atoms with E-state index in [4.69, 9.17) is 9.15 Å². The number of morpholine rings is 1. The highest BCUT2D eigenvalue weighted by Gasteiger charge is 2.13. The molecule has 0 spiro atoms. The van der Waals surface area contributed by atoms with Gasteiger partial charge in [0.2, 0.25) is 5.91 Å². The standard InChI is InChI=1S/C28H27N3O4/c32-27(29-19-21-7-11-24(12-8-21)31-13-15-34-16-14-31)17-20-5-9-23(10-6-20)30-28(33)26-18-22-3-1-2-4-25(22)35-26/h1-12,18H,13-17,19H2,(H,29,32)(H,30,33). The number of para-hydroxylation sites is 1. The van der Waals surface area contributed by atoms with Gasteiger partial charge in [-0.3, -0.25) is 9.59 Å². The molecule has 7 heteroatoms. The minimum absolute atomic E-state index is 0.0543. The number of hydrogen-bond donors (Lipinski definition) is 2. The molecule has 3 aromatic carbocycles. The molecular formula is C28H27N3O4. The van der Waals surface area contributed by atoms with Gasteiger partial charge < -0.3 is 24.7 Å². The summed E-state index contributed by atoms with van der Waals surface area (Å²) >= 11 is 0. The van der Waals surface area contributed by atoms with E-state index in [0.717, 1.165) is 42.8 Å². The van der Waals surface area contributed by atoms with E-state index in [2.05, 4.69) is 27.7 Å². The van der Waals surface area contributed by atoms with Crippen molar-refractivity contribution in [1.82, 2.24) is 5.32 Å². The van der Waals surface area contributed by atoms with Crippen LogP contribution in [0, 0.1) is 0 Å². The van der Waals surface area contributed by atoms with Gasteiger partial charge in [-0.05, 0) is 47.5 Å². The number of anilines is 2. The maximum absolute atomic E-state index is 12.5. The Morgan fingerprint density at radius 2 is 1.57 bits per heavy atom. The van der Waals surface area contributed by atoms with E-state index >= 15 is 0 Å². The Kier molecular flexibility index (Phi) is 6.77. The molecule has 1 aromatic heterocycles. The molecular weight excluding hydrogens is 442 g/mol. The molecule has 35 heavy (non-hydrogen) atoms. The predicted molar refractivity (Wildman–Crippen MR) is 136 cm³/mol. The number of carbonyl (C=O) groups is 2. The first-order chi connectivity index (χ1) is 17.1. The number of carbonyl (C=O) groups excluding carboxylic acids is 2. The number of fused-ring (bicyclic) bond motifs is 1. The van der Waals surface area contributed by atoms with E-state index in [1.54, 1.807) is 18.2 Å². The van der Waals surface area contributed by atoms with Gasteiger partial charge in [0.1, 0.15) is 5.58 Å². The van der Waals surface area contributed by atoms with Crippen molar-refractivity contribution in [3.05, 3.63) is 95.7 Å². The summed E-state index contributed by atoms with van der Waals surface area (Å²) in [7, 11) is 0. The number of rotatable bonds is 7. The predicted octanol–water partition coefficient (Wildman–Crippen LogP) is 4.38. The lowest BCUT2D eigenvalue weighted by Gasteiger charge is -2.28. The highest BCUT2D eigenvalue weighted by molar-refractivity contribution is 6.04. The van der Waals surface area contributed by atoms with Crippen molar-refractivity contribution >= 4 is 34.2 Å². The Labute approximate surface area is 203 Å². The van der Waals surface area contributed by atoms with E-state index in [-0.39, 0.29) is 24.0 Å². The van der Waals surface area contributed by atoms with Crippen molar-refractivity contribution in [2.45, 2.75) is 13.0 Å². The Morgan fingerprint density at radius 3 is 2.31 bits per heavy atom. The van der Waals surface area contributed by atoms with E-state index in [1.165, 1.54) is 5.69 Å². The van der Waals surface area contributed by atoms with Crippen molar-refractivity contribution in [1.29, 1.82) is 0 Å². The van der Waals surface area contributed by atoms with Gasteiger partial charge in [-0.2, -0.15) is 0 Å². The Bertz CT molecular complexity index is 1270. The topological polar surface area (TPSA) is 83.8 Å². The zero-order chi connectivity index (χ0) is 24.0. The van der Waals surface area contributed by atoms with E-state index in [1.807, 2.05) is 48.5 Å². The summed E-state index contributed by atoms with van der Waals surface area (Å²) in [5.41, 5.74) is 4.41. The monoisotopic (exact) mass is 469 g/mol. The van der Waals surface area contributed by atoms with Crippen molar-refractivity contribution in [3.8, 4) is 0 Å². The smallest absolute Gasteiger partial charge is 0.291 e. The zero-order valence-electron chi connectivity index (χ0n) is 19.3. The SMILES string of the molecule is O=C(Cc1ccc(NC(=O)c2cc3ccccc3o2)cc1)NCc1ccc(N2CCOCC2)cc1. The van der Waals surface area contributed by atoms with Crippen LogP contribution in [0.4, 0.5) is 11.4 Å². The quantitative estimate of drug-likeness (QED) is 0.420. The van der Waals surface area contributed by atoms with Gasteiger partial charge in [0, 0.05) is 36.4 Å². The molecule has 7 nitrogen and oxygen atoms in total. The molecule has 5 rings (SSSR count). The first-order valence-corrected chi connectivity index (χ1v) is 11.7. The number of nitrogens with one attached hydrogen (secondary N) is 2. The molecule has 4 aromatic rings. The fourth-order valence-electron chi connectivity index (χ4n) is 4.09. The van der Waals surface area contributed by atoms with Gasteiger partial charge in [-0.15, -0.1) is 0 Å². The van der Waals surface area contributed by atoms with Gasteiger partial charge in [0.25, 0.3) is 5.91 Å². The lowest BCUT2D eigenvalue weighted by Crippen LogP contribution is -2.36. The molecule has 0 bridgehead atoms. The molecule has 1 aliphatic rings. The molecule has 0 unspecified atom stereocenters. The summed E-state index contributed by atoms with van der Waals surface area (Å²) in [4.78, 5) is 27.2. The third-order valence-electron chi connectivity index (χ3n) is 6.03. The molecule has 2 amide bonds. The average molecular weight is 470 g/mol. The molecule has 2 N–H and O–H groups in total. The van der Waals surface area contributed by atoms with Gasteiger partial charge in [-0.25, -0.2) is 0 Å². The van der Waals surface area contributed by atoms with Crippen LogP contribution in [0.25, 0.3) is 11.0 Å². The average Bonchev–Trinajstić information content (AvgIpc) is 3.34. The number of benzene rings is 3. The van der Waals surface area contributed by atoms with Gasteiger partial charge in [0.15, 0.2) is 5.76 Å². The Hall–Kier alpha value is -4.10. The molecule has 0 aliphatic carbocycles. The van der Waals surface area contributed by atoms with Gasteiger partial charge in [0.05, 0.1) is 19.6 Å². The second kappa shape index (κ2) is 10.4. The highest BCUT2D eigenvalue weighted by Crippen LogP contribution is 2.20. The Morgan fingerprint density at radius 1 is 0.857 bits per heavy atom. The minimum atomic E-state index is -0.314. The van der Waals surface area contributed by atoms with Crippen LogP contribution in [0.15, 0.2) is 83.3 Å². The van der Waals surface area contributed by atoms with Gasteiger partial charge >= 0.3 is 0 Å². The van der Waals surface area contributed by atoms with Crippen LogP contribution >= 0.6 is 0 Å². The first-order valence-electron chi connectivity index (χ1n) is 11.7.